The highest BCUT2D eigenvalue weighted by Gasteiger charge is 2.47. The van der Waals surface area contributed by atoms with Crippen molar-refractivity contribution in [2.24, 2.45) is 5.92 Å². The highest BCUT2D eigenvalue weighted by molar-refractivity contribution is 7.92. The van der Waals surface area contributed by atoms with E-state index >= 15 is 0 Å². The van der Waals surface area contributed by atoms with E-state index in [2.05, 4.69) is 0 Å². The summed E-state index contributed by atoms with van der Waals surface area (Å²) >= 11 is 0. The zero-order chi connectivity index (χ0) is 19.6. The van der Waals surface area contributed by atoms with E-state index in [0.29, 0.717) is 31.4 Å². The van der Waals surface area contributed by atoms with Crippen LogP contribution in [0.5, 0.6) is 0 Å². The average molecular weight is 395 g/mol. The zero-order valence-corrected chi connectivity index (χ0v) is 16.4. The molecule has 1 amide bonds. The number of carbonyl (C=O) groups is 2. The Morgan fingerprint density at radius 3 is 2.37 bits per heavy atom. The molecule has 1 aromatic carbocycles. The van der Waals surface area contributed by atoms with Crippen molar-refractivity contribution in [3.63, 3.8) is 0 Å². The van der Waals surface area contributed by atoms with Gasteiger partial charge in [-0.3, -0.25) is 4.79 Å². The molecule has 7 nitrogen and oxygen atoms in total. The fraction of sp³-hybridized carbons (Fsp3) is 0.579. The first-order valence-electron chi connectivity index (χ1n) is 9.34. The highest BCUT2D eigenvalue weighted by Crippen LogP contribution is 2.43. The maximum Gasteiger partial charge on any atom is 0.410 e. The van der Waals surface area contributed by atoms with Crippen LogP contribution in [-0.4, -0.2) is 50.4 Å². The molecular formula is C19H25NO6S. The average Bonchev–Trinajstić information content (AvgIpc) is 3.41. The molecule has 1 aliphatic heterocycles. The third-order valence-corrected chi connectivity index (χ3v) is 7.33. The van der Waals surface area contributed by atoms with Gasteiger partial charge in [-0.05, 0) is 44.7 Å². The quantitative estimate of drug-likeness (QED) is 0.688. The predicted octanol–water partition coefficient (Wildman–Crippen LogP) is 2.71. The summed E-state index contributed by atoms with van der Waals surface area (Å²) in [5.74, 6) is -1.04. The Morgan fingerprint density at radius 2 is 1.74 bits per heavy atom. The minimum atomic E-state index is -3.49. The Balaban J connectivity index is 2.05. The third-order valence-electron chi connectivity index (χ3n) is 5.00. The molecule has 0 spiro atoms. The molecule has 2 aliphatic rings. The van der Waals surface area contributed by atoms with E-state index in [1.165, 1.54) is 4.90 Å². The second kappa shape index (κ2) is 7.88. The van der Waals surface area contributed by atoms with Crippen LogP contribution in [0.15, 0.2) is 29.2 Å². The monoisotopic (exact) mass is 395 g/mol. The van der Waals surface area contributed by atoms with E-state index in [1.807, 2.05) is 0 Å². The predicted molar refractivity (Wildman–Crippen MR) is 97.9 cm³/mol. The lowest BCUT2D eigenvalue weighted by Crippen LogP contribution is -2.35. The summed E-state index contributed by atoms with van der Waals surface area (Å²) in [6, 6.07) is 5.93. The number of sulfone groups is 1. The SMILES string of the molecule is CCOC(=O)C1CCN(C(=O)OCC)C1c1ccccc1S(=O)(=O)C1CC1. The molecular weight excluding hydrogens is 370 g/mol. The van der Waals surface area contributed by atoms with Crippen molar-refractivity contribution in [1.82, 2.24) is 4.90 Å². The number of nitrogens with zero attached hydrogens (tertiary/aromatic N) is 1. The van der Waals surface area contributed by atoms with Crippen LogP contribution in [0.4, 0.5) is 4.79 Å². The van der Waals surface area contributed by atoms with Gasteiger partial charge in [-0.2, -0.15) is 0 Å². The van der Waals surface area contributed by atoms with Gasteiger partial charge in [0, 0.05) is 6.54 Å². The molecule has 0 radical (unpaired) electrons. The molecule has 1 saturated heterocycles. The molecule has 2 atom stereocenters. The van der Waals surface area contributed by atoms with Gasteiger partial charge in [0.05, 0.1) is 35.3 Å². The number of hydrogen-bond donors (Lipinski definition) is 0. The van der Waals surface area contributed by atoms with Crippen LogP contribution in [0.2, 0.25) is 0 Å². The standard InChI is InChI=1S/C19H25NO6S/c1-3-25-18(21)15-11-12-20(19(22)26-4-2)17(15)14-7-5-6-8-16(14)27(23,24)13-9-10-13/h5-8,13,15,17H,3-4,9-12H2,1-2H3. The van der Waals surface area contributed by atoms with Crippen molar-refractivity contribution in [2.45, 2.75) is 49.3 Å². The van der Waals surface area contributed by atoms with E-state index in [0.717, 1.165) is 0 Å². The van der Waals surface area contributed by atoms with Gasteiger partial charge in [-0.1, -0.05) is 18.2 Å². The Labute approximate surface area is 159 Å². The zero-order valence-electron chi connectivity index (χ0n) is 15.6. The Bertz CT molecular complexity index is 791. The normalized spacial score (nSPS) is 22.5. The van der Waals surface area contributed by atoms with E-state index in [-0.39, 0.29) is 23.4 Å². The molecule has 1 saturated carbocycles. The number of hydrogen-bond acceptors (Lipinski definition) is 6. The van der Waals surface area contributed by atoms with Crippen molar-refractivity contribution in [2.75, 3.05) is 19.8 Å². The minimum absolute atomic E-state index is 0.197. The Morgan fingerprint density at radius 1 is 1.07 bits per heavy atom. The number of carbonyl (C=O) groups excluding carboxylic acids is 2. The van der Waals surface area contributed by atoms with Crippen molar-refractivity contribution in [3.05, 3.63) is 29.8 Å². The fourth-order valence-electron chi connectivity index (χ4n) is 3.63. The summed E-state index contributed by atoms with van der Waals surface area (Å²) in [6.07, 6.45) is 1.14. The Hall–Kier alpha value is -2.09. The number of amides is 1. The highest BCUT2D eigenvalue weighted by atomic mass is 32.2. The first-order chi connectivity index (χ1) is 12.9. The molecule has 2 fully saturated rings. The van der Waals surface area contributed by atoms with Gasteiger partial charge in [0.1, 0.15) is 0 Å². The number of likely N-dealkylation sites (tertiary alicyclic amines) is 1. The smallest absolute Gasteiger partial charge is 0.410 e. The van der Waals surface area contributed by atoms with E-state index in [4.69, 9.17) is 9.47 Å². The molecule has 1 aliphatic carbocycles. The summed E-state index contributed by atoms with van der Waals surface area (Å²) in [5.41, 5.74) is 0.466. The third kappa shape index (κ3) is 3.81. The van der Waals surface area contributed by atoms with Crippen LogP contribution in [0.1, 0.15) is 44.7 Å². The molecule has 1 heterocycles. The Kier molecular flexibility index (Phi) is 5.74. The van der Waals surface area contributed by atoms with Crippen LogP contribution in [0, 0.1) is 5.92 Å². The molecule has 0 N–H and O–H groups in total. The molecule has 3 rings (SSSR count). The molecule has 1 aromatic rings. The van der Waals surface area contributed by atoms with Crippen molar-refractivity contribution in [3.8, 4) is 0 Å². The number of ether oxygens (including phenoxy) is 2. The number of rotatable bonds is 6. The number of benzene rings is 1. The van der Waals surface area contributed by atoms with Crippen LogP contribution < -0.4 is 0 Å². The molecule has 8 heteroatoms. The van der Waals surface area contributed by atoms with E-state index in [1.54, 1.807) is 38.1 Å². The van der Waals surface area contributed by atoms with Crippen molar-refractivity contribution in [1.29, 1.82) is 0 Å². The van der Waals surface area contributed by atoms with Crippen molar-refractivity contribution >= 4 is 21.9 Å². The maximum absolute atomic E-state index is 12.9. The summed E-state index contributed by atoms with van der Waals surface area (Å²) in [6.45, 7) is 4.16. The van der Waals surface area contributed by atoms with Crippen molar-refractivity contribution < 1.29 is 27.5 Å². The van der Waals surface area contributed by atoms with Crippen LogP contribution >= 0.6 is 0 Å². The maximum atomic E-state index is 12.9. The summed E-state index contributed by atoms with van der Waals surface area (Å²) in [5, 5.41) is -0.378. The first-order valence-corrected chi connectivity index (χ1v) is 10.9. The lowest BCUT2D eigenvalue weighted by atomic mass is 9.93. The van der Waals surface area contributed by atoms with Crippen LogP contribution in [0.3, 0.4) is 0 Å². The largest absolute Gasteiger partial charge is 0.466 e. The molecule has 2 unspecified atom stereocenters. The molecule has 0 bridgehead atoms. The lowest BCUT2D eigenvalue weighted by Gasteiger charge is -2.28. The summed E-state index contributed by atoms with van der Waals surface area (Å²) in [4.78, 5) is 26.6. The second-order valence-electron chi connectivity index (χ2n) is 6.77. The van der Waals surface area contributed by atoms with Gasteiger partial charge in [-0.15, -0.1) is 0 Å². The van der Waals surface area contributed by atoms with Gasteiger partial charge >= 0.3 is 12.1 Å². The first kappa shape index (κ1) is 19.7. The van der Waals surface area contributed by atoms with Gasteiger partial charge < -0.3 is 14.4 Å². The molecule has 0 aromatic heterocycles. The van der Waals surface area contributed by atoms with E-state index < -0.39 is 33.9 Å². The fourth-order valence-corrected chi connectivity index (χ4v) is 5.53. The van der Waals surface area contributed by atoms with Gasteiger partial charge in [-0.25, -0.2) is 13.2 Å². The topological polar surface area (TPSA) is 90.0 Å². The van der Waals surface area contributed by atoms with Crippen LogP contribution in [0.25, 0.3) is 0 Å². The van der Waals surface area contributed by atoms with E-state index in [9.17, 15) is 18.0 Å². The summed E-state index contributed by atoms with van der Waals surface area (Å²) in [7, 11) is -3.49. The molecule has 27 heavy (non-hydrogen) atoms. The lowest BCUT2D eigenvalue weighted by molar-refractivity contribution is -0.148. The van der Waals surface area contributed by atoms with Crippen LogP contribution in [-0.2, 0) is 24.1 Å². The second-order valence-corrected chi connectivity index (χ2v) is 8.96. The minimum Gasteiger partial charge on any atom is -0.466 e. The number of esters is 1. The summed E-state index contributed by atoms with van der Waals surface area (Å²) < 4.78 is 36.2. The van der Waals surface area contributed by atoms with Gasteiger partial charge in [0.25, 0.3) is 0 Å². The van der Waals surface area contributed by atoms with Gasteiger partial charge in [0.2, 0.25) is 0 Å². The molecule has 148 valence electrons. The van der Waals surface area contributed by atoms with Gasteiger partial charge in [0.15, 0.2) is 9.84 Å².